The number of carbonyl (C=O) groups is 1. The van der Waals surface area contributed by atoms with E-state index in [2.05, 4.69) is 53.4 Å². The minimum Gasteiger partial charge on any atom is -0.497 e. The zero-order chi connectivity index (χ0) is 21.9. The van der Waals surface area contributed by atoms with E-state index >= 15 is 0 Å². The van der Waals surface area contributed by atoms with Crippen molar-refractivity contribution < 1.29 is 9.53 Å². The number of anilines is 3. The molecule has 0 atom stereocenters. The molecule has 1 aliphatic rings. The van der Waals surface area contributed by atoms with Gasteiger partial charge < -0.3 is 9.64 Å². The summed E-state index contributed by atoms with van der Waals surface area (Å²) < 4.78 is 5.29. The molecule has 0 amide bonds. The van der Waals surface area contributed by atoms with Gasteiger partial charge in [0.15, 0.2) is 5.78 Å². The van der Waals surface area contributed by atoms with Crippen molar-refractivity contribution in [1.82, 2.24) is 0 Å². The number of hydrogen-bond acceptors (Lipinski definition) is 3. The molecule has 0 N–H and O–H groups in total. The van der Waals surface area contributed by atoms with Crippen molar-refractivity contribution in [2.75, 3.05) is 12.0 Å². The van der Waals surface area contributed by atoms with Gasteiger partial charge in [-0.15, -0.1) is 0 Å². The number of fused-ring (bicyclic) bond motifs is 1. The number of benzene rings is 4. The van der Waals surface area contributed by atoms with Crippen molar-refractivity contribution in [3.63, 3.8) is 0 Å². The molecule has 3 nitrogen and oxygen atoms in total. The highest BCUT2D eigenvalue weighted by Gasteiger charge is 2.23. The average molecular weight is 418 g/mol. The third kappa shape index (κ3) is 3.81. The SMILES string of the molecule is COc1ccc2c(c1)C=C(Cc1ccc(N(c3ccccc3)c3ccccc3)cc1)C2=O. The van der Waals surface area contributed by atoms with Crippen molar-refractivity contribution in [3.05, 3.63) is 125 Å². The molecule has 3 heteroatoms. The van der Waals surface area contributed by atoms with E-state index in [1.165, 1.54) is 0 Å². The Labute approximate surface area is 188 Å². The van der Waals surface area contributed by atoms with Crippen molar-refractivity contribution in [2.45, 2.75) is 6.42 Å². The molecule has 156 valence electrons. The summed E-state index contributed by atoms with van der Waals surface area (Å²) in [5.74, 6) is 0.863. The van der Waals surface area contributed by atoms with Crippen LogP contribution < -0.4 is 9.64 Å². The van der Waals surface area contributed by atoms with Crippen LogP contribution >= 0.6 is 0 Å². The number of allylic oxidation sites excluding steroid dienone is 1. The van der Waals surface area contributed by atoms with Gasteiger partial charge in [0.05, 0.1) is 7.11 Å². The van der Waals surface area contributed by atoms with E-state index < -0.39 is 0 Å². The number of ketones is 1. The summed E-state index contributed by atoms with van der Waals surface area (Å²) in [4.78, 5) is 15.1. The molecule has 0 spiro atoms. The number of para-hydroxylation sites is 2. The van der Waals surface area contributed by atoms with Gasteiger partial charge >= 0.3 is 0 Å². The van der Waals surface area contributed by atoms with E-state index in [-0.39, 0.29) is 5.78 Å². The highest BCUT2D eigenvalue weighted by molar-refractivity contribution is 6.18. The van der Waals surface area contributed by atoms with Crippen LogP contribution in [0, 0.1) is 0 Å². The summed E-state index contributed by atoms with van der Waals surface area (Å²) in [6.07, 6.45) is 2.58. The minimum atomic E-state index is 0.0990. The molecule has 4 aromatic rings. The third-order valence-corrected chi connectivity index (χ3v) is 5.74. The molecule has 0 saturated heterocycles. The van der Waals surface area contributed by atoms with Gasteiger partial charge in [0.1, 0.15) is 5.75 Å². The van der Waals surface area contributed by atoms with Crippen LogP contribution in [0.15, 0.2) is 109 Å². The predicted molar refractivity (Wildman–Crippen MR) is 130 cm³/mol. The van der Waals surface area contributed by atoms with E-state index in [9.17, 15) is 4.79 Å². The molecular weight excluding hydrogens is 394 g/mol. The molecule has 32 heavy (non-hydrogen) atoms. The lowest BCUT2D eigenvalue weighted by Crippen LogP contribution is -2.09. The van der Waals surface area contributed by atoms with E-state index in [0.717, 1.165) is 45.1 Å². The van der Waals surface area contributed by atoms with Gasteiger partial charge in [-0.1, -0.05) is 48.5 Å². The monoisotopic (exact) mass is 417 g/mol. The largest absolute Gasteiger partial charge is 0.497 e. The molecule has 0 aliphatic heterocycles. The van der Waals surface area contributed by atoms with Gasteiger partial charge in [0.2, 0.25) is 0 Å². The molecule has 5 rings (SSSR count). The molecule has 0 heterocycles. The van der Waals surface area contributed by atoms with E-state index in [0.29, 0.717) is 6.42 Å². The predicted octanol–water partition coefficient (Wildman–Crippen LogP) is 6.99. The number of rotatable bonds is 6. The second-order valence-corrected chi connectivity index (χ2v) is 7.80. The third-order valence-electron chi connectivity index (χ3n) is 5.74. The molecule has 0 saturated carbocycles. The number of ether oxygens (including phenoxy) is 1. The molecular formula is C29H23NO2. The number of methoxy groups -OCH3 is 1. The fourth-order valence-corrected chi connectivity index (χ4v) is 4.14. The average Bonchev–Trinajstić information content (AvgIpc) is 3.16. The van der Waals surface area contributed by atoms with Crippen molar-refractivity contribution in [2.24, 2.45) is 0 Å². The maximum absolute atomic E-state index is 12.8. The highest BCUT2D eigenvalue weighted by Crippen LogP contribution is 2.35. The van der Waals surface area contributed by atoms with Crippen LogP contribution in [0.2, 0.25) is 0 Å². The zero-order valence-electron chi connectivity index (χ0n) is 17.9. The van der Waals surface area contributed by atoms with Crippen LogP contribution in [0.5, 0.6) is 5.75 Å². The van der Waals surface area contributed by atoms with Gasteiger partial charge in [-0.25, -0.2) is 0 Å². The van der Waals surface area contributed by atoms with Crippen molar-refractivity contribution >= 4 is 28.9 Å². The Hall–Kier alpha value is -4.11. The Kier molecular flexibility index (Phi) is 5.30. The summed E-state index contributed by atoms with van der Waals surface area (Å²) in [5.41, 5.74) is 6.87. The van der Waals surface area contributed by atoms with Gasteiger partial charge in [0.25, 0.3) is 0 Å². The lowest BCUT2D eigenvalue weighted by atomic mass is 10.0. The molecule has 0 unspecified atom stereocenters. The summed E-state index contributed by atoms with van der Waals surface area (Å²) in [7, 11) is 1.64. The Bertz CT molecular complexity index is 1240. The van der Waals surface area contributed by atoms with Gasteiger partial charge in [-0.2, -0.15) is 0 Å². The van der Waals surface area contributed by atoms with Crippen molar-refractivity contribution in [3.8, 4) is 5.75 Å². The van der Waals surface area contributed by atoms with Gasteiger partial charge in [-0.3, -0.25) is 4.79 Å². The molecule has 0 radical (unpaired) electrons. The lowest BCUT2D eigenvalue weighted by Gasteiger charge is -2.25. The van der Waals surface area contributed by atoms with E-state index in [1.54, 1.807) is 7.11 Å². The first-order valence-electron chi connectivity index (χ1n) is 10.7. The molecule has 0 fully saturated rings. The highest BCUT2D eigenvalue weighted by atomic mass is 16.5. The first-order chi connectivity index (χ1) is 15.7. The standard InChI is InChI=1S/C29H23NO2/c1-32-27-16-17-28-22(20-27)19-23(29(28)31)18-21-12-14-26(15-13-21)30(24-8-4-2-5-9-24)25-10-6-3-7-11-25/h2-17,19-20H,18H2,1H3. The number of carbonyl (C=O) groups excluding carboxylic acids is 1. The van der Waals surface area contributed by atoms with Crippen LogP contribution in [0.3, 0.4) is 0 Å². The number of nitrogens with zero attached hydrogens (tertiary/aromatic N) is 1. The second kappa shape index (κ2) is 8.56. The first-order valence-corrected chi connectivity index (χ1v) is 10.7. The number of Topliss-reactive ketones (excluding diaryl/α,β-unsaturated/α-hetero) is 1. The summed E-state index contributed by atoms with van der Waals surface area (Å²) in [6, 6.07) is 34.7. The zero-order valence-corrected chi connectivity index (χ0v) is 17.9. The Morgan fingerprint density at radius 2 is 1.31 bits per heavy atom. The normalized spacial score (nSPS) is 12.3. The molecule has 0 bridgehead atoms. The van der Waals surface area contributed by atoms with Crippen LogP contribution in [-0.2, 0) is 6.42 Å². The second-order valence-electron chi connectivity index (χ2n) is 7.80. The van der Waals surface area contributed by atoms with Crippen LogP contribution in [0.1, 0.15) is 21.5 Å². The fourth-order valence-electron chi connectivity index (χ4n) is 4.14. The van der Waals surface area contributed by atoms with Crippen LogP contribution in [0.4, 0.5) is 17.1 Å². The Morgan fingerprint density at radius 3 is 1.91 bits per heavy atom. The summed E-state index contributed by atoms with van der Waals surface area (Å²) in [6.45, 7) is 0. The Balaban J connectivity index is 1.42. The van der Waals surface area contributed by atoms with Crippen LogP contribution in [-0.4, -0.2) is 12.9 Å². The summed E-state index contributed by atoms with van der Waals surface area (Å²) >= 11 is 0. The smallest absolute Gasteiger partial charge is 0.189 e. The fraction of sp³-hybridized carbons (Fsp3) is 0.0690. The maximum atomic E-state index is 12.8. The molecule has 0 aromatic heterocycles. The quantitative estimate of drug-likeness (QED) is 0.339. The van der Waals surface area contributed by atoms with Gasteiger partial charge in [0, 0.05) is 34.6 Å². The number of hydrogen-bond donors (Lipinski definition) is 0. The minimum absolute atomic E-state index is 0.0990. The van der Waals surface area contributed by atoms with E-state index in [4.69, 9.17) is 4.74 Å². The topological polar surface area (TPSA) is 29.5 Å². The van der Waals surface area contributed by atoms with Crippen LogP contribution in [0.25, 0.3) is 6.08 Å². The maximum Gasteiger partial charge on any atom is 0.189 e. The Morgan fingerprint density at radius 1 is 0.719 bits per heavy atom. The molecule has 1 aliphatic carbocycles. The van der Waals surface area contributed by atoms with Gasteiger partial charge in [-0.05, 0) is 71.8 Å². The summed E-state index contributed by atoms with van der Waals surface area (Å²) in [5, 5.41) is 0. The van der Waals surface area contributed by atoms with Crippen molar-refractivity contribution in [1.29, 1.82) is 0 Å². The lowest BCUT2D eigenvalue weighted by molar-refractivity contribution is 0.103. The molecule has 4 aromatic carbocycles. The first kappa shape index (κ1) is 19.8. The van der Waals surface area contributed by atoms with E-state index in [1.807, 2.05) is 60.7 Å².